The van der Waals surface area contributed by atoms with Crippen LogP contribution in [-0.4, -0.2) is 16.9 Å². The van der Waals surface area contributed by atoms with Gasteiger partial charge in [0.1, 0.15) is 11.8 Å². The largest absolute Gasteiger partial charge is 0.392 e. The molecule has 0 saturated carbocycles. The van der Waals surface area contributed by atoms with Gasteiger partial charge in [-0.15, -0.1) is 0 Å². The first-order valence-corrected chi connectivity index (χ1v) is 7.04. The maximum absolute atomic E-state index is 12.1. The molecule has 3 atom stereocenters. The number of nitrogens with one attached hydrogen (secondary N) is 1. The van der Waals surface area contributed by atoms with Crippen LogP contribution in [0.4, 0.5) is 4.79 Å². The molecule has 1 rings (SSSR count). The Morgan fingerprint density at radius 3 is 2.04 bits per heavy atom. The van der Waals surface area contributed by atoms with E-state index in [1.54, 1.807) is 18.2 Å². The molecule has 0 fully saturated rings. The lowest BCUT2D eigenvalue weighted by atomic mass is 9.77. The molecule has 5 N–H and O–H groups in total. The monoisotopic (exact) mass is 349 g/mol. The molecule has 7 nitrogen and oxygen atoms in total. The summed E-state index contributed by atoms with van der Waals surface area (Å²) < 4.78 is 0. The van der Waals surface area contributed by atoms with Crippen LogP contribution in [0.1, 0.15) is 11.5 Å². The number of benzene rings is 1. The molecule has 1 aromatic carbocycles. The fourth-order valence-corrected chi connectivity index (χ4v) is 2.41. The van der Waals surface area contributed by atoms with Crippen LogP contribution in [0, 0.1) is 34.5 Å². The molecular formula is C14H12ClN5O2S. The van der Waals surface area contributed by atoms with Crippen LogP contribution >= 0.6 is 23.8 Å². The molecule has 0 aliphatic rings. The van der Waals surface area contributed by atoms with Crippen LogP contribution in [-0.2, 0) is 4.79 Å². The van der Waals surface area contributed by atoms with Gasteiger partial charge in [0.25, 0.3) is 0 Å². The van der Waals surface area contributed by atoms with Crippen molar-refractivity contribution in [3.63, 3.8) is 0 Å². The van der Waals surface area contributed by atoms with E-state index in [4.69, 9.17) is 35.3 Å². The molecule has 0 radical (unpaired) electrons. The number of thiocarbonyl (C=S) groups is 1. The van der Waals surface area contributed by atoms with Crippen LogP contribution in [0.15, 0.2) is 24.3 Å². The third-order valence-corrected chi connectivity index (χ3v) is 3.59. The average molecular weight is 350 g/mol. The van der Waals surface area contributed by atoms with E-state index < -0.39 is 29.7 Å². The minimum Gasteiger partial charge on any atom is -0.392 e. The maximum Gasteiger partial charge on any atom is 0.318 e. The Morgan fingerprint density at radius 1 is 1.13 bits per heavy atom. The Morgan fingerprint density at radius 2 is 1.65 bits per heavy atom. The zero-order valence-electron chi connectivity index (χ0n) is 11.7. The second-order valence-corrected chi connectivity index (χ2v) is 5.45. The highest BCUT2D eigenvalue weighted by Crippen LogP contribution is 2.33. The molecule has 3 unspecified atom stereocenters. The van der Waals surface area contributed by atoms with Crippen molar-refractivity contribution in [1.29, 1.82) is 10.5 Å². The third-order valence-electron chi connectivity index (χ3n) is 3.09. The number of hydrogen-bond donors (Lipinski definition) is 3. The second kappa shape index (κ2) is 8.08. The van der Waals surface area contributed by atoms with E-state index in [1.807, 2.05) is 11.4 Å². The lowest BCUT2D eigenvalue weighted by molar-refractivity contribution is -0.122. The molecule has 0 spiro atoms. The van der Waals surface area contributed by atoms with E-state index in [0.717, 1.165) is 0 Å². The molecular weight excluding hydrogens is 338 g/mol. The maximum atomic E-state index is 12.1. The first-order valence-electron chi connectivity index (χ1n) is 6.26. The molecule has 118 valence electrons. The Hall–Kier alpha value is -2.68. The van der Waals surface area contributed by atoms with E-state index in [1.165, 1.54) is 12.1 Å². The van der Waals surface area contributed by atoms with Crippen LogP contribution in [0.2, 0.25) is 5.02 Å². The van der Waals surface area contributed by atoms with Crippen molar-refractivity contribution >= 4 is 40.7 Å². The van der Waals surface area contributed by atoms with Gasteiger partial charge in [0.15, 0.2) is 0 Å². The summed E-state index contributed by atoms with van der Waals surface area (Å²) in [5.41, 5.74) is 10.9. The van der Waals surface area contributed by atoms with Crippen molar-refractivity contribution in [2.45, 2.75) is 5.92 Å². The van der Waals surface area contributed by atoms with Crippen molar-refractivity contribution in [2.24, 2.45) is 23.3 Å². The molecule has 9 heteroatoms. The number of nitriles is 2. The second-order valence-electron chi connectivity index (χ2n) is 4.55. The smallest absolute Gasteiger partial charge is 0.318 e. The number of amides is 3. The topological polar surface area (TPSA) is 146 Å². The Kier molecular flexibility index (Phi) is 6.46. The van der Waals surface area contributed by atoms with E-state index in [0.29, 0.717) is 10.6 Å². The quantitative estimate of drug-likeness (QED) is 0.680. The number of nitrogens with two attached hydrogens (primary N) is 2. The SMILES string of the molecule is N#CC(C(=O)NC(N)=O)C(c1ccc(Cl)cc1)C(C#N)C(N)=S. The predicted octanol–water partition coefficient (Wildman–Crippen LogP) is 1.18. The molecule has 23 heavy (non-hydrogen) atoms. The summed E-state index contributed by atoms with van der Waals surface area (Å²) >= 11 is 10.7. The highest BCUT2D eigenvalue weighted by Gasteiger charge is 2.38. The minimum absolute atomic E-state index is 0.167. The number of primary amides is 1. The number of rotatable bonds is 5. The van der Waals surface area contributed by atoms with E-state index in [-0.39, 0.29) is 4.99 Å². The van der Waals surface area contributed by atoms with Gasteiger partial charge in [-0.1, -0.05) is 36.0 Å². The number of urea groups is 1. The van der Waals surface area contributed by atoms with Crippen molar-refractivity contribution in [1.82, 2.24) is 5.32 Å². The molecule has 0 saturated heterocycles. The van der Waals surface area contributed by atoms with E-state index in [9.17, 15) is 20.1 Å². The lowest BCUT2D eigenvalue weighted by Gasteiger charge is -2.25. The van der Waals surface area contributed by atoms with Crippen LogP contribution in [0.3, 0.4) is 0 Å². The molecule has 0 aromatic heterocycles. The Balaban J connectivity index is 3.38. The van der Waals surface area contributed by atoms with Gasteiger partial charge in [0.05, 0.1) is 17.1 Å². The highest BCUT2D eigenvalue weighted by molar-refractivity contribution is 7.80. The van der Waals surface area contributed by atoms with Crippen LogP contribution in [0.5, 0.6) is 0 Å². The van der Waals surface area contributed by atoms with Gasteiger partial charge in [-0.2, -0.15) is 10.5 Å². The van der Waals surface area contributed by atoms with Gasteiger partial charge < -0.3 is 11.5 Å². The molecule has 1 aromatic rings. The first-order chi connectivity index (χ1) is 10.8. The molecule has 3 amide bonds. The number of carbonyl (C=O) groups excluding carboxylic acids is 2. The van der Waals surface area contributed by atoms with E-state index >= 15 is 0 Å². The number of halogens is 1. The highest BCUT2D eigenvalue weighted by atomic mass is 35.5. The van der Waals surface area contributed by atoms with Gasteiger partial charge in [0.2, 0.25) is 5.91 Å². The molecule has 0 bridgehead atoms. The lowest BCUT2D eigenvalue weighted by Crippen LogP contribution is -2.43. The van der Waals surface area contributed by atoms with Crippen molar-refractivity contribution in [3.05, 3.63) is 34.9 Å². The van der Waals surface area contributed by atoms with E-state index in [2.05, 4.69) is 0 Å². The normalized spacial score (nSPS) is 13.7. The molecule has 0 aliphatic heterocycles. The van der Waals surface area contributed by atoms with Crippen molar-refractivity contribution in [2.75, 3.05) is 0 Å². The molecule has 0 aliphatic carbocycles. The molecule has 0 heterocycles. The standard InChI is InChI=1S/C14H12ClN5O2S/c15-8-3-1-7(2-4-8)11(9(5-16)12(18)23)10(6-17)13(21)20-14(19)22/h1-4,9-11H,(H2,18,23)(H3,19,20,21,22). The fourth-order valence-electron chi connectivity index (χ4n) is 2.08. The van der Waals surface area contributed by atoms with Gasteiger partial charge in [-0.05, 0) is 17.7 Å². The van der Waals surface area contributed by atoms with Crippen molar-refractivity contribution < 1.29 is 9.59 Å². The first kappa shape index (κ1) is 18.4. The summed E-state index contributed by atoms with van der Waals surface area (Å²) in [5.74, 6) is -4.39. The number of hydrogen-bond acceptors (Lipinski definition) is 5. The van der Waals surface area contributed by atoms with Crippen LogP contribution in [0.25, 0.3) is 0 Å². The summed E-state index contributed by atoms with van der Waals surface area (Å²) in [6.07, 6.45) is 0. The summed E-state index contributed by atoms with van der Waals surface area (Å²) in [7, 11) is 0. The average Bonchev–Trinajstić information content (AvgIpc) is 2.47. The zero-order valence-corrected chi connectivity index (χ0v) is 13.3. The Labute approximate surface area is 142 Å². The van der Waals surface area contributed by atoms with Gasteiger partial charge in [-0.25, -0.2) is 4.79 Å². The summed E-state index contributed by atoms with van der Waals surface area (Å²) in [6, 6.07) is 8.75. The summed E-state index contributed by atoms with van der Waals surface area (Å²) in [5, 5.41) is 20.9. The van der Waals surface area contributed by atoms with Crippen LogP contribution < -0.4 is 16.8 Å². The minimum atomic E-state index is -1.39. The number of carbonyl (C=O) groups is 2. The number of imide groups is 1. The zero-order chi connectivity index (χ0) is 17.6. The summed E-state index contributed by atoms with van der Waals surface area (Å²) in [4.78, 5) is 22.7. The fraction of sp³-hybridized carbons (Fsp3) is 0.214. The van der Waals surface area contributed by atoms with Gasteiger partial charge >= 0.3 is 6.03 Å². The van der Waals surface area contributed by atoms with Gasteiger partial charge in [0, 0.05) is 10.9 Å². The summed E-state index contributed by atoms with van der Waals surface area (Å²) in [6.45, 7) is 0. The van der Waals surface area contributed by atoms with Crippen molar-refractivity contribution in [3.8, 4) is 12.1 Å². The predicted molar refractivity (Wildman–Crippen MR) is 86.9 cm³/mol. The van der Waals surface area contributed by atoms with Gasteiger partial charge in [-0.3, -0.25) is 10.1 Å². The Bertz CT molecular complexity index is 707. The number of nitrogens with zero attached hydrogens (tertiary/aromatic N) is 2. The third kappa shape index (κ3) is 4.65.